The Hall–Kier alpha value is -3.60. The van der Waals surface area contributed by atoms with Crippen molar-refractivity contribution < 1.29 is 28.2 Å². The van der Waals surface area contributed by atoms with Crippen molar-refractivity contribution >= 4 is 45.2 Å². The summed E-state index contributed by atoms with van der Waals surface area (Å²) in [5, 5.41) is 3.06. The molecule has 0 fully saturated rings. The normalized spacial score (nSPS) is 11.9. The number of benzene rings is 1. The Labute approximate surface area is 199 Å². The van der Waals surface area contributed by atoms with Gasteiger partial charge in [-0.15, -0.1) is 11.3 Å². The van der Waals surface area contributed by atoms with Crippen molar-refractivity contribution in [2.45, 2.75) is 40.3 Å². The first-order valence-corrected chi connectivity index (χ1v) is 11.4. The number of fused-ring (bicyclic) bond motifs is 1. The lowest BCUT2D eigenvalue weighted by Crippen LogP contribution is -2.45. The molecule has 0 bridgehead atoms. The maximum absolute atomic E-state index is 13.9. The fourth-order valence-corrected chi connectivity index (χ4v) is 4.36. The number of carbonyl (C=O) groups is 3. The molecule has 0 aliphatic heterocycles. The van der Waals surface area contributed by atoms with Crippen LogP contribution in [0.4, 0.5) is 10.2 Å². The number of esters is 2. The van der Waals surface area contributed by atoms with Gasteiger partial charge in [-0.3, -0.25) is 4.79 Å². The minimum absolute atomic E-state index is 0.137. The zero-order valence-electron chi connectivity index (χ0n) is 19.2. The molecule has 1 aromatic carbocycles. The zero-order chi connectivity index (χ0) is 25.0. The Balaban J connectivity index is 1.75. The van der Waals surface area contributed by atoms with Crippen molar-refractivity contribution in [2.75, 3.05) is 12.3 Å². The smallest absolute Gasteiger partial charge is 0.348 e. The van der Waals surface area contributed by atoms with Crippen molar-refractivity contribution in [3.05, 3.63) is 51.9 Å². The summed E-state index contributed by atoms with van der Waals surface area (Å²) in [5.41, 5.74) is 6.52. The molecule has 9 nitrogen and oxygen atoms in total. The van der Waals surface area contributed by atoms with Crippen LogP contribution in [-0.4, -0.2) is 40.5 Å². The Morgan fingerprint density at radius 3 is 2.53 bits per heavy atom. The van der Waals surface area contributed by atoms with Crippen molar-refractivity contribution in [1.29, 1.82) is 0 Å². The van der Waals surface area contributed by atoms with Crippen LogP contribution in [0.2, 0.25) is 0 Å². The number of thiophene rings is 1. The molecule has 1 unspecified atom stereocenters. The first-order valence-electron chi connectivity index (χ1n) is 10.6. The lowest BCUT2D eigenvalue weighted by atomic mass is 10.0. The standard InChI is InChI=1S/C23H25FN4O5S/c1-5-32-23(31)18-12(4)16-19(25)26-15(27-21(16)34-18)10-33-22(30)17(11(2)3)28-20(29)13-8-6-7-9-14(13)24/h6-9,11,17H,5,10H2,1-4H3,(H,28,29)(H2,25,26,27). The van der Waals surface area contributed by atoms with Gasteiger partial charge in [0.2, 0.25) is 0 Å². The summed E-state index contributed by atoms with van der Waals surface area (Å²) in [6.07, 6.45) is 0. The van der Waals surface area contributed by atoms with E-state index in [-0.39, 0.29) is 36.3 Å². The van der Waals surface area contributed by atoms with Crippen molar-refractivity contribution in [3.8, 4) is 0 Å². The van der Waals surface area contributed by atoms with Gasteiger partial charge in [-0.2, -0.15) is 0 Å². The number of hydrogen-bond acceptors (Lipinski definition) is 9. The summed E-state index contributed by atoms with van der Waals surface area (Å²) < 4.78 is 24.3. The number of nitrogen functional groups attached to an aromatic ring is 1. The average Bonchev–Trinajstić information content (AvgIpc) is 3.12. The molecule has 1 atom stereocenters. The van der Waals surface area contributed by atoms with E-state index in [9.17, 15) is 18.8 Å². The van der Waals surface area contributed by atoms with Gasteiger partial charge in [-0.25, -0.2) is 23.9 Å². The van der Waals surface area contributed by atoms with E-state index in [2.05, 4.69) is 15.3 Å². The summed E-state index contributed by atoms with van der Waals surface area (Å²) in [6, 6.07) is 4.46. The highest BCUT2D eigenvalue weighted by Gasteiger charge is 2.28. The monoisotopic (exact) mass is 488 g/mol. The first kappa shape index (κ1) is 25.0. The number of nitrogens with two attached hydrogens (primary N) is 1. The van der Waals surface area contributed by atoms with Crippen LogP contribution in [0, 0.1) is 18.7 Å². The molecule has 2 heterocycles. The third kappa shape index (κ3) is 5.30. The maximum atomic E-state index is 13.9. The summed E-state index contributed by atoms with van der Waals surface area (Å²) in [6.45, 7) is 6.82. The topological polar surface area (TPSA) is 134 Å². The highest BCUT2D eigenvalue weighted by Crippen LogP contribution is 2.33. The van der Waals surface area contributed by atoms with Gasteiger partial charge in [-0.1, -0.05) is 26.0 Å². The van der Waals surface area contributed by atoms with Crippen LogP contribution in [-0.2, 0) is 20.9 Å². The second-order valence-electron chi connectivity index (χ2n) is 7.76. The minimum Gasteiger partial charge on any atom is -0.462 e. The summed E-state index contributed by atoms with van der Waals surface area (Å²) in [4.78, 5) is 46.7. The molecule has 11 heteroatoms. The van der Waals surface area contributed by atoms with Gasteiger partial charge in [0.25, 0.3) is 5.91 Å². The molecule has 0 saturated carbocycles. The van der Waals surface area contributed by atoms with Gasteiger partial charge in [-0.05, 0) is 37.5 Å². The third-order valence-corrected chi connectivity index (χ3v) is 6.16. The highest BCUT2D eigenvalue weighted by molar-refractivity contribution is 7.20. The van der Waals surface area contributed by atoms with Gasteiger partial charge >= 0.3 is 11.9 Å². The maximum Gasteiger partial charge on any atom is 0.348 e. The second kappa shape index (κ2) is 10.6. The average molecular weight is 489 g/mol. The summed E-state index contributed by atoms with van der Waals surface area (Å²) >= 11 is 1.11. The Morgan fingerprint density at radius 2 is 1.88 bits per heavy atom. The molecule has 3 N–H and O–H groups in total. The van der Waals surface area contributed by atoms with E-state index in [1.807, 2.05) is 0 Å². The van der Waals surface area contributed by atoms with Crippen LogP contribution >= 0.6 is 11.3 Å². The molecule has 0 spiro atoms. The predicted molar refractivity (Wildman–Crippen MR) is 125 cm³/mol. The number of nitrogens with one attached hydrogen (secondary N) is 1. The molecule has 180 valence electrons. The molecule has 0 aliphatic carbocycles. The number of nitrogens with zero attached hydrogens (tertiary/aromatic N) is 2. The van der Waals surface area contributed by atoms with Gasteiger partial charge < -0.3 is 20.5 Å². The summed E-state index contributed by atoms with van der Waals surface area (Å²) in [7, 11) is 0. The van der Waals surface area contributed by atoms with Gasteiger partial charge in [0.1, 0.15) is 27.4 Å². The quantitative estimate of drug-likeness (QED) is 0.461. The Kier molecular flexibility index (Phi) is 7.77. The Bertz CT molecular complexity index is 1240. The van der Waals surface area contributed by atoms with Crippen molar-refractivity contribution in [3.63, 3.8) is 0 Å². The van der Waals surface area contributed by atoms with E-state index < -0.39 is 29.7 Å². The fourth-order valence-electron chi connectivity index (χ4n) is 3.26. The number of amides is 1. The van der Waals surface area contributed by atoms with Crippen LogP contribution in [0.1, 0.15) is 52.2 Å². The number of halogens is 1. The van der Waals surface area contributed by atoms with E-state index in [0.717, 1.165) is 17.4 Å². The predicted octanol–water partition coefficient (Wildman–Crippen LogP) is 3.40. The van der Waals surface area contributed by atoms with Crippen LogP contribution in [0.5, 0.6) is 0 Å². The molecule has 2 aromatic heterocycles. The molecular formula is C23H25FN4O5S. The van der Waals surface area contributed by atoms with Crippen LogP contribution in [0.15, 0.2) is 24.3 Å². The molecular weight excluding hydrogens is 463 g/mol. The fraction of sp³-hybridized carbons (Fsp3) is 0.348. The minimum atomic E-state index is -1.02. The molecule has 0 radical (unpaired) electrons. The number of anilines is 1. The number of hydrogen-bond donors (Lipinski definition) is 2. The third-order valence-electron chi connectivity index (χ3n) is 4.99. The zero-order valence-corrected chi connectivity index (χ0v) is 20.0. The SMILES string of the molecule is CCOC(=O)c1sc2nc(COC(=O)C(NC(=O)c3ccccc3F)C(C)C)nc(N)c2c1C. The highest BCUT2D eigenvalue weighted by atomic mass is 32.1. The van der Waals surface area contributed by atoms with E-state index >= 15 is 0 Å². The van der Waals surface area contributed by atoms with Crippen molar-refractivity contribution in [2.24, 2.45) is 5.92 Å². The number of aryl methyl sites for hydroxylation is 1. The van der Waals surface area contributed by atoms with Crippen LogP contribution in [0.25, 0.3) is 10.2 Å². The number of aromatic nitrogens is 2. The lowest BCUT2D eigenvalue weighted by Gasteiger charge is -2.21. The number of rotatable bonds is 8. The molecule has 0 saturated heterocycles. The van der Waals surface area contributed by atoms with E-state index in [1.54, 1.807) is 27.7 Å². The molecule has 3 aromatic rings. The number of carbonyl (C=O) groups excluding carboxylic acids is 3. The summed E-state index contributed by atoms with van der Waals surface area (Å²) in [5.74, 6) is -2.66. The Morgan fingerprint density at radius 1 is 1.18 bits per heavy atom. The first-order chi connectivity index (χ1) is 16.1. The van der Waals surface area contributed by atoms with Gasteiger partial charge in [0.15, 0.2) is 12.4 Å². The van der Waals surface area contributed by atoms with Crippen LogP contribution < -0.4 is 11.1 Å². The van der Waals surface area contributed by atoms with Crippen LogP contribution in [0.3, 0.4) is 0 Å². The largest absolute Gasteiger partial charge is 0.462 e. The van der Waals surface area contributed by atoms with Crippen molar-refractivity contribution in [1.82, 2.24) is 15.3 Å². The van der Waals surface area contributed by atoms with E-state index in [0.29, 0.717) is 20.7 Å². The molecule has 3 rings (SSSR count). The lowest BCUT2D eigenvalue weighted by molar-refractivity contribution is -0.148. The van der Waals surface area contributed by atoms with E-state index in [4.69, 9.17) is 15.2 Å². The molecule has 34 heavy (non-hydrogen) atoms. The van der Waals surface area contributed by atoms with Gasteiger partial charge in [0.05, 0.1) is 17.6 Å². The number of ether oxygens (including phenoxy) is 2. The van der Waals surface area contributed by atoms with E-state index in [1.165, 1.54) is 18.2 Å². The van der Waals surface area contributed by atoms with Gasteiger partial charge in [0, 0.05) is 0 Å². The second-order valence-corrected chi connectivity index (χ2v) is 8.76. The molecule has 1 amide bonds. The molecule has 0 aliphatic rings.